The van der Waals surface area contributed by atoms with Crippen LogP contribution in [0.15, 0.2) is 0 Å². The fourth-order valence-corrected chi connectivity index (χ4v) is 2.74. The lowest BCUT2D eigenvalue weighted by Gasteiger charge is -2.39. The first-order chi connectivity index (χ1) is 11.1. The van der Waals surface area contributed by atoms with Crippen LogP contribution in [-0.2, 0) is 9.47 Å². The summed E-state index contributed by atoms with van der Waals surface area (Å²) in [6.45, 7) is 16.9. The molecule has 0 fully saturated rings. The Morgan fingerprint density at radius 2 is 0.870 bits per heavy atom. The molecule has 0 aliphatic heterocycles. The van der Waals surface area contributed by atoms with Crippen molar-refractivity contribution in [2.24, 2.45) is 0 Å². The van der Waals surface area contributed by atoms with Crippen LogP contribution in [0.1, 0.15) is 86.0 Å². The Bertz CT molecular complexity index is 180. The number of quaternary nitrogens is 1. The van der Waals surface area contributed by atoms with E-state index in [0.29, 0.717) is 0 Å². The summed E-state index contributed by atoms with van der Waals surface area (Å²) < 4.78 is 10.8. The molecule has 0 aromatic carbocycles. The molecule has 0 amide bonds. The van der Waals surface area contributed by atoms with Gasteiger partial charge in [-0.15, -0.1) is 0 Å². The number of methoxy groups -OCH3 is 2. The Hall–Kier alpha value is -0.120. The van der Waals surface area contributed by atoms with Crippen molar-refractivity contribution in [2.45, 2.75) is 92.3 Å². The summed E-state index contributed by atoms with van der Waals surface area (Å²) in [6.07, 6.45) is 11.0. The SMILES string of the molecule is CCCC[N+](CCCC)(CCCC)CCCC.COC(C)OC. The van der Waals surface area contributed by atoms with Crippen LogP contribution in [0.2, 0.25) is 0 Å². The monoisotopic (exact) mass is 332 g/mol. The third-order valence-electron chi connectivity index (χ3n) is 4.61. The highest BCUT2D eigenvalue weighted by Crippen LogP contribution is 2.16. The topological polar surface area (TPSA) is 18.5 Å². The molecule has 0 spiro atoms. The van der Waals surface area contributed by atoms with Gasteiger partial charge in [0.2, 0.25) is 0 Å². The van der Waals surface area contributed by atoms with E-state index >= 15 is 0 Å². The maximum atomic E-state index is 4.68. The van der Waals surface area contributed by atoms with Gasteiger partial charge in [0.25, 0.3) is 0 Å². The standard InChI is InChI=1S/C16H36N.C4H10O2/c1-5-9-13-17(14-10-6-2,15-11-7-3)16-12-8-4;1-4(5-2)6-3/h5-16H2,1-4H3;4H,1-3H3/q+1;. The maximum Gasteiger partial charge on any atom is 0.154 e. The molecule has 0 aliphatic carbocycles. The molecule has 0 aliphatic rings. The van der Waals surface area contributed by atoms with E-state index in [4.69, 9.17) is 0 Å². The minimum absolute atomic E-state index is 0.0648. The van der Waals surface area contributed by atoms with E-state index in [2.05, 4.69) is 37.2 Å². The predicted molar refractivity (Wildman–Crippen MR) is 103 cm³/mol. The van der Waals surface area contributed by atoms with Gasteiger partial charge >= 0.3 is 0 Å². The summed E-state index contributed by atoms with van der Waals surface area (Å²) in [6, 6.07) is 0. The molecule has 0 saturated carbocycles. The van der Waals surface area contributed by atoms with Gasteiger partial charge in [-0.1, -0.05) is 53.4 Å². The van der Waals surface area contributed by atoms with Crippen molar-refractivity contribution in [1.29, 1.82) is 0 Å². The van der Waals surface area contributed by atoms with Crippen molar-refractivity contribution in [2.75, 3.05) is 40.4 Å². The van der Waals surface area contributed by atoms with E-state index in [1.165, 1.54) is 82.0 Å². The zero-order valence-corrected chi connectivity index (χ0v) is 17.3. The van der Waals surface area contributed by atoms with Gasteiger partial charge in [0.05, 0.1) is 26.2 Å². The number of unbranched alkanes of at least 4 members (excludes halogenated alkanes) is 4. The fraction of sp³-hybridized carbons (Fsp3) is 1.00. The molecule has 0 rings (SSSR count). The molecule has 3 heteroatoms. The summed E-state index contributed by atoms with van der Waals surface area (Å²) in [4.78, 5) is 0. The first kappa shape index (κ1) is 25.1. The third kappa shape index (κ3) is 15.2. The Morgan fingerprint density at radius 3 is 1.00 bits per heavy atom. The molecule has 0 N–H and O–H groups in total. The smallest absolute Gasteiger partial charge is 0.154 e. The first-order valence-corrected chi connectivity index (χ1v) is 9.96. The van der Waals surface area contributed by atoms with Crippen LogP contribution in [0.4, 0.5) is 0 Å². The van der Waals surface area contributed by atoms with Crippen LogP contribution in [0.5, 0.6) is 0 Å². The predicted octanol–water partition coefficient (Wildman–Crippen LogP) is 5.63. The summed E-state index contributed by atoms with van der Waals surface area (Å²) >= 11 is 0. The second-order valence-corrected chi connectivity index (χ2v) is 6.69. The number of ether oxygens (including phenoxy) is 2. The van der Waals surface area contributed by atoms with Crippen LogP contribution >= 0.6 is 0 Å². The minimum Gasteiger partial charge on any atom is -0.356 e. The molecule has 23 heavy (non-hydrogen) atoms. The molecule has 0 unspecified atom stereocenters. The first-order valence-electron chi connectivity index (χ1n) is 9.96. The highest BCUT2D eigenvalue weighted by molar-refractivity contribution is 4.49. The average molecular weight is 333 g/mol. The van der Waals surface area contributed by atoms with Gasteiger partial charge in [-0.2, -0.15) is 0 Å². The van der Waals surface area contributed by atoms with Crippen LogP contribution in [0.25, 0.3) is 0 Å². The van der Waals surface area contributed by atoms with Gasteiger partial charge < -0.3 is 14.0 Å². The van der Waals surface area contributed by atoms with Crippen molar-refractivity contribution < 1.29 is 14.0 Å². The van der Waals surface area contributed by atoms with Crippen LogP contribution < -0.4 is 0 Å². The van der Waals surface area contributed by atoms with Gasteiger partial charge in [0.1, 0.15) is 0 Å². The molecule has 0 aromatic rings. The van der Waals surface area contributed by atoms with Crippen molar-refractivity contribution in [3.8, 4) is 0 Å². The lowest BCUT2D eigenvalue weighted by atomic mass is 10.1. The molecule has 142 valence electrons. The molecule has 0 saturated heterocycles. The van der Waals surface area contributed by atoms with E-state index in [9.17, 15) is 0 Å². The van der Waals surface area contributed by atoms with Gasteiger partial charge in [0, 0.05) is 14.2 Å². The summed E-state index contributed by atoms with van der Waals surface area (Å²) in [5.74, 6) is 0. The maximum absolute atomic E-state index is 4.68. The molecule has 3 nitrogen and oxygen atoms in total. The van der Waals surface area contributed by atoms with Crippen molar-refractivity contribution in [3.05, 3.63) is 0 Å². The van der Waals surface area contributed by atoms with E-state index in [1.54, 1.807) is 14.2 Å². The third-order valence-corrected chi connectivity index (χ3v) is 4.61. The van der Waals surface area contributed by atoms with Gasteiger partial charge in [-0.3, -0.25) is 0 Å². The summed E-state index contributed by atoms with van der Waals surface area (Å²) in [5.41, 5.74) is 0. The van der Waals surface area contributed by atoms with Crippen LogP contribution in [0.3, 0.4) is 0 Å². The second-order valence-electron chi connectivity index (χ2n) is 6.69. The van der Waals surface area contributed by atoms with Crippen LogP contribution in [0, 0.1) is 0 Å². The van der Waals surface area contributed by atoms with Gasteiger partial charge in [0.15, 0.2) is 6.29 Å². The van der Waals surface area contributed by atoms with Crippen molar-refractivity contribution in [1.82, 2.24) is 0 Å². The molecule has 0 radical (unpaired) electrons. The number of hydrogen-bond donors (Lipinski definition) is 0. The molecule has 0 aromatic heterocycles. The molecule has 0 bridgehead atoms. The quantitative estimate of drug-likeness (QED) is 0.303. The molecule has 0 heterocycles. The normalized spacial score (nSPS) is 11.5. The van der Waals surface area contributed by atoms with Crippen LogP contribution in [-0.4, -0.2) is 51.2 Å². The molecule has 0 atom stereocenters. The Balaban J connectivity index is 0. The highest BCUT2D eigenvalue weighted by Gasteiger charge is 2.24. The Kier molecular flexibility index (Phi) is 19.9. The second kappa shape index (κ2) is 18.2. The lowest BCUT2D eigenvalue weighted by molar-refractivity contribution is -0.929. The largest absolute Gasteiger partial charge is 0.356 e. The van der Waals surface area contributed by atoms with E-state index < -0.39 is 0 Å². The lowest BCUT2D eigenvalue weighted by Crippen LogP contribution is -2.50. The van der Waals surface area contributed by atoms with Crippen molar-refractivity contribution in [3.63, 3.8) is 0 Å². The molecular weight excluding hydrogens is 286 g/mol. The van der Waals surface area contributed by atoms with E-state index in [0.717, 1.165) is 0 Å². The molecular formula is C20H46NO2+. The number of rotatable bonds is 14. The summed E-state index contributed by atoms with van der Waals surface area (Å²) in [5, 5.41) is 0. The fourth-order valence-electron chi connectivity index (χ4n) is 2.74. The Morgan fingerprint density at radius 1 is 0.609 bits per heavy atom. The highest BCUT2D eigenvalue weighted by atomic mass is 16.7. The zero-order chi connectivity index (χ0) is 18.0. The number of hydrogen-bond acceptors (Lipinski definition) is 2. The summed E-state index contributed by atoms with van der Waals surface area (Å²) in [7, 11) is 3.21. The van der Waals surface area contributed by atoms with E-state index in [-0.39, 0.29) is 6.29 Å². The number of nitrogens with zero attached hydrogens (tertiary/aromatic N) is 1. The van der Waals surface area contributed by atoms with Gasteiger partial charge in [-0.25, -0.2) is 0 Å². The Labute approximate surface area is 147 Å². The average Bonchev–Trinajstić information content (AvgIpc) is 2.60. The van der Waals surface area contributed by atoms with Crippen molar-refractivity contribution >= 4 is 0 Å². The van der Waals surface area contributed by atoms with Gasteiger partial charge in [-0.05, 0) is 32.6 Å². The van der Waals surface area contributed by atoms with E-state index in [1.807, 2.05) is 6.92 Å². The minimum atomic E-state index is -0.0648. The zero-order valence-electron chi connectivity index (χ0n) is 17.3.